The minimum atomic E-state index is -3.04. The average molecular weight is 298 g/mol. The Hall–Kier alpha value is 0.390. The van der Waals surface area contributed by atoms with Gasteiger partial charge in [-0.05, 0) is 25.2 Å². The Labute approximate surface area is 101 Å². The molecule has 0 spiro atoms. The zero-order chi connectivity index (χ0) is 11.3. The van der Waals surface area contributed by atoms with E-state index in [0.717, 1.165) is 37.4 Å². The Balaban J connectivity index is 2.35. The van der Waals surface area contributed by atoms with Crippen molar-refractivity contribution in [2.45, 2.75) is 44.3 Å². The summed E-state index contributed by atoms with van der Waals surface area (Å²) in [6.07, 6.45) is 4.79. The highest BCUT2D eigenvalue weighted by molar-refractivity contribution is 9.09. The fourth-order valence-electron chi connectivity index (χ4n) is 1.86. The molecule has 0 saturated heterocycles. The average Bonchev–Trinajstić information content (AvgIpc) is 2.69. The first-order valence-corrected chi connectivity index (χ1v) is 8.27. The fourth-order valence-corrected chi connectivity index (χ4v) is 4.35. The van der Waals surface area contributed by atoms with Gasteiger partial charge in [0.15, 0.2) is 0 Å². The van der Waals surface area contributed by atoms with E-state index in [2.05, 4.69) is 27.6 Å². The van der Waals surface area contributed by atoms with Gasteiger partial charge in [0.05, 0.1) is 5.25 Å². The lowest BCUT2D eigenvalue weighted by molar-refractivity contribution is 0.523. The first-order chi connectivity index (χ1) is 7.06. The third-order valence-corrected chi connectivity index (χ3v) is 5.35. The zero-order valence-electron chi connectivity index (χ0n) is 9.21. The Morgan fingerprint density at radius 2 is 2.00 bits per heavy atom. The van der Waals surface area contributed by atoms with Crippen molar-refractivity contribution in [3.8, 4) is 0 Å². The third kappa shape index (κ3) is 4.41. The molecule has 0 bridgehead atoms. The molecule has 0 aromatic rings. The van der Waals surface area contributed by atoms with Crippen molar-refractivity contribution in [1.82, 2.24) is 4.72 Å². The van der Waals surface area contributed by atoms with Crippen LogP contribution in [0.5, 0.6) is 0 Å². The molecule has 0 aromatic heterocycles. The van der Waals surface area contributed by atoms with E-state index in [-0.39, 0.29) is 5.25 Å². The molecule has 1 unspecified atom stereocenters. The largest absolute Gasteiger partial charge is 0.215 e. The van der Waals surface area contributed by atoms with Gasteiger partial charge in [0.25, 0.3) is 0 Å². The summed E-state index contributed by atoms with van der Waals surface area (Å²) in [6.45, 7) is 2.64. The van der Waals surface area contributed by atoms with E-state index in [1.165, 1.54) is 0 Å². The Morgan fingerprint density at radius 3 is 2.53 bits per heavy atom. The molecule has 1 saturated carbocycles. The molecule has 0 radical (unpaired) electrons. The van der Waals surface area contributed by atoms with Crippen LogP contribution in [-0.4, -0.2) is 25.5 Å². The van der Waals surface area contributed by atoms with Crippen molar-refractivity contribution < 1.29 is 8.42 Å². The van der Waals surface area contributed by atoms with Gasteiger partial charge in [-0.25, -0.2) is 13.1 Å². The minimum absolute atomic E-state index is 0.131. The number of sulfonamides is 1. The predicted molar refractivity (Wildman–Crippen MR) is 66.8 cm³/mol. The van der Waals surface area contributed by atoms with Gasteiger partial charge < -0.3 is 0 Å². The second-order valence-corrected chi connectivity index (χ2v) is 7.22. The summed E-state index contributed by atoms with van der Waals surface area (Å²) in [4.78, 5) is 0. The molecular weight excluding hydrogens is 278 g/mol. The highest BCUT2D eigenvalue weighted by Crippen LogP contribution is 2.23. The second kappa shape index (κ2) is 6.21. The topological polar surface area (TPSA) is 46.2 Å². The molecule has 5 heteroatoms. The van der Waals surface area contributed by atoms with Crippen LogP contribution in [-0.2, 0) is 10.0 Å². The molecule has 0 amide bonds. The molecule has 1 fully saturated rings. The number of alkyl halides is 1. The molecule has 0 aromatic carbocycles. The standard InChI is InChI=1S/C10H20BrNO2S/c1-9(6-7-11)8-12-15(13,14)10-4-2-3-5-10/h9-10,12H,2-8H2,1H3. The molecule has 0 heterocycles. The van der Waals surface area contributed by atoms with Gasteiger partial charge in [-0.1, -0.05) is 35.7 Å². The van der Waals surface area contributed by atoms with E-state index in [1.54, 1.807) is 0 Å². The first kappa shape index (κ1) is 13.5. The van der Waals surface area contributed by atoms with E-state index in [4.69, 9.17) is 0 Å². The summed E-state index contributed by atoms with van der Waals surface area (Å²) in [5.74, 6) is 0.403. The molecule has 15 heavy (non-hydrogen) atoms. The third-order valence-electron chi connectivity index (χ3n) is 2.98. The summed E-state index contributed by atoms with van der Waals surface area (Å²) in [5.41, 5.74) is 0. The number of nitrogens with one attached hydrogen (secondary N) is 1. The van der Waals surface area contributed by atoms with Gasteiger partial charge in [-0.3, -0.25) is 0 Å². The summed E-state index contributed by atoms with van der Waals surface area (Å²) in [7, 11) is -3.04. The van der Waals surface area contributed by atoms with Crippen LogP contribution in [0.4, 0.5) is 0 Å². The van der Waals surface area contributed by atoms with E-state index in [0.29, 0.717) is 12.5 Å². The van der Waals surface area contributed by atoms with Crippen molar-refractivity contribution in [1.29, 1.82) is 0 Å². The van der Waals surface area contributed by atoms with Crippen LogP contribution in [0, 0.1) is 5.92 Å². The Kier molecular flexibility index (Phi) is 5.57. The second-order valence-electron chi connectivity index (χ2n) is 4.38. The van der Waals surface area contributed by atoms with Gasteiger partial charge >= 0.3 is 0 Å². The Morgan fingerprint density at radius 1 is 1.40 bits per heavy atom. The van der Waals surface area contributed by atoms with Gasteiger partial charge in [0.1, 0.15) is 0 Å². The van der Waals surface area contributed by atoms with Crippen LogP contribution in [0.1, 0.15) is 39.0 Å². The predicted octanol–water partition coefficient (Wildman–Crippen LogP) is 2.27. The van der Waals surface area contributed by atoms with E-state index < -0.39 is 10.0 Å². The number of rotatable bonds is 6. The molecule has 3 nitrogen and oxygen atoms in total. The van der Waals surface area contributed by atoms with Crippen LogP contribution >= 0.6 is 15.9 Å². The van der Waals surface area contributed by atoms with Gasteiger partial charge in [0, 0.05) is 11.9 Å². The highest BCUT2D eigenvalue weighted by atomic mass is 79.9. The molecule has 1 aliphatic carbocycles. The lowest BCUT2D eigenvalue weighted by atomic mass is 10.1. The number of hydrogen-bond donors (Lipinski definition) is 1. The van der Waals surface area contributed by atoms with Gasteiger partial charge in [-0.2, -0.15) is 0 Å². The molecular formula is C10H20BrNO2S. The maximum Gasteiger partial charge on any atom is 0.214 e. The molecule has 1 atom stereocenters. The van der Waals surface area contributed by atoms with Crippen molar-refractivity contribution in [2.75, 3.05) is 11.9 Å². The summed E-state index contributed by atoms with van der Waals surface area (Å²) < 4.78 is 26.4. The number of halogens is 1. The quantitative estimate of drug-likeness (QED) is 0.765. The summed E-state index contributed by atoms with van der Waals surface area (Å²) in [6, 6.07) is 0. The van der Waals surface area contributed by atoms with Crippen LogP contribution in [0.3, 0.4) is 0 Å². The molecule has 1 aliphatic rings. The molecule has 1 N–H and O–H groups in total. The molecule has 90 valence electrons. The summed E-state index contributed by atoms with van der Waals surface area (Å²) in [5, 5.41) is 0.799. The van der Waals surface area contributed by atoms with Gasteiger partial charge in [0.2, 0.25) is 10.0 Å². The van der Waals surface area contributed by atoms with E-state index in [1.807, 2.05) is 0 Å². The van der Waals surface area contributed by atoms with Crippen LogP contribution in [0.25, 0.3) is 0 Å². The van der Waals surface area contributed by atoms with Crippen LogP contribution in [0.2, 0.25) is 0 Å². The number of hydrogen-bond acceptors (Lipinski definition) is 2. The van der Waals surface area contributed by atoms with Crippen molar-refractivity contribution >= 4 is 26.0 Å². The van der Waals surface area contributed by atoms with Crippen molar-refractivity contribution in [3.05, 3.63) is 0 Å². The smallest absolute Gasteiger partial charge is 0.214 e. The van der Waals surface area contributed by atoms with Gasteiger partial charge in [-0.15, -0.1) is 0 Å². The molecule has 0 aliphatic heterocycles. The maximum atomic E-state index is 11.8. The minimum Gasteiger partial charge on any atom is -0.215 e. The monoisotopic (exact) mass is 297 g/mol. The normalized spacial score (nSPS) is 20.7. The Bertz CT molecular complexity index is 273. The van der Waals surface area contributed by atoms with E-state index in [9.17, 15) is 8.42 Å². The van der Waals surface area contributed by atoms with Crippen LogP contribution < -0.4 is 4.72 Å². The lowest BCUT2D eigenvalue weighted by Gasteiger charge is -2.15. The fraction of sp³-hybridized carbons (Fsp3) is 1.00. The first-order valence-electron chi connectivity index (χ1n) is 5.60. The SMILES string of the molecule is CC(CCBr)CNS(=O)(=O)C1CCCC1. The maximum absolute atomic E-state index is 11.8. The van der Waals surface area contributed by atoms with E-state index >= 15 is 0 Å². The van der Waals surface area contributed by atoms with Crippen LogP contribution in [0.15, 0.2) is 0 Å². The summed E-state index contributed by atoms with van der Waals surface area (Å²) >= 11 is 3.36. The van der Waals surface area contributed by atoms with Crippen molar-refractivity contribution in [2.24, 2.45) is 5.92 Å². The zero-order valence-corrected chi connectivity index (χ0v) is 11.6. The molecule has 1 rings (SSSR count). The lowest BCUT2D eigenvalue weighted by Crippen LogP contribution is -2.35. The highest BCUT2D eigenvalue weighted by Gasteiger charge is 2.28. The van der Waals surface area contributed by atoms with Crippen molar-refractivity contribution in [3.63, 3.8) is 0 Å².